The highest BCUT2D eigenvalue weighted by Gasteiger charge is 2.24. The molecule has 1 aromatic carbocycles. The molecular weight excluding hydrogens is 538 g/mol. The van der Waals surface area contributed by atoms with Gasteiger partial charge in [0, 0.05) is 13.0 Å². The minimum atomic E-state index is -1.50. The van der Waals surface area contributed by atoms with Crippen molar-refractivity contribution in [3.63, 3.8) is 0 Å². The number of aliphatic hydroxyl groups excluding tert-OH is 2. The highest BCUT2D eigenvalue weighted by Crippen LogP contribution is 2.27. The van der Waals surface area contributed by atoms with Crippen molar-refractivity contribution >= 4 is 8.07 Å². The Morgan fingerprint density at radius 1 is 0.667 bits per heavy atom. The van der Waals surface area contributed by atoms with Crippen molar-refractivity contribution < 1.29 is 19.7 Å². The van der Waals surface area contributed by atoms with E-state index in [4.69, 9.17) is 9.47 Å². The molecule has 0 amide bonds. The molecule has 0 aliphatic heterocycles. The first-order valence-electron chi connectivity index (χ1n) is 17.4. The van der Waals surface area contributed by atoms with Gasteiger partial charge in [-0.3, -0.25) is 0 Å². The van der Waals surface area contributed by atoms with E-state index in [1.165, 1.54) is 77.0 Å². The summed E-state index contributed by atoms with van der Waals surface area (Å²) in [6.45, 7) is 14.3. The zero-order valence-electron chi connectivity index (χ0n) is 28.0. The fourth-order valence-corrected chi connectivity index (χ4v) is 7.88. The lowest BCUT2D eigenvalue weighted by atomic mass is 10.1. The Hall–Kier alpha value is -1.52. The first-order chi connectivity index (χ1) is 20.4. The van der Waals surface area contributed by atoms with Crippen LogP contribution >= 0.6 is 0 Å². The number of aliphatic hydroxyl groups is 2. The summed E-state index contributed by atoms with van der Waals surface area (Å²) < 4.78 is 12.0. The van der Waals surface area contributed by atoms with Crippen LogP contribution in [0.4, 0.5) is 0 Å². The number of para-hydroxylation sites is 2. The van der Waals surface area contributed by atoms with Crippen LogP contribution in [0.15, 0.2) is 24.3 Å². The number of benzene rings is 1. The van der Waals surface area contributed by atoms with E-state index in [1.54, 1.807) is 0 Å². The zero-order chi connectivity index (χ0) is 30.9. The molecule has 1 rings (SSSR count). The van der Waals surface area contributed by atoms with E-state index in [2.05, 4.69) is 51.0 Å². The Balaban J connectivity index is 2.58. The van der Waals surface area contributed by atoms with Gasteiger partial charge in [0.15, 0.2) is 11.5 Å². The smallest absolute Gasteiger partial charge is 0.161 e. The first-order valence-corrected chi connectivity index (χ1v) is 20.0. The molecule has 2 atom stereocenters. The van der Waals surface area contributed by atoms with Crippen molar-refractivity contribution in [2.75, 3.05) is 32.8 Å². The Morgan fingerprint density at radius 2 is 1.12 bits per heavy atom. The molecule has 0 unspecified atom stereocenters. The van der Waals surface area contributed by atoms with Gasteiger partial charge in [-0.25, -0.2) is 0 Å². The average molecular weight is 604 g/mol. The largest absolute Gasteiger partial charge is 0.487 e. The summed E-state index contributed by atoms with van der Waals surface area (Å²) in [6, 6.07) is 11.0. The molecule has 42 heavy (non-hydrogen) atoms. The quantitative estimate of drug-likeness (QED) is 0.0630. The highest BCUT2D eigenvalue weighted by atomic mass is 28.3. The van der Waals surface area contributed by atoms with Crippen molar-refractivity contribution in [3.8, 4) is 23.0 Å². The number of rotatable bonds is 26. The van der Waals surface area contributed by atoms with Crippen molar-refractivity contribution in [2.24, 2.45) is 0 Å². The van der Waals surface area contributed by atoms with Crippen LogP contribution in [0.5, 0.6) is 11.5 Å². The zero-order valence-corrected chi connectivity index (χ0v) is 29.0. The molecule has 0 bridgehead atoms. The van der Waals surface area contributed by atoms with Gasteiger partial charge in [0.25, 0.3) is 0 Å². The molecule has 6 heteroatoms. The highest BCUT2D eigenvalue weighted by molar-refractivity contribution is 6.87. The molecule has 242 valence electrons. The summed E-state index contributed by atoms with van der Waals surface area (Å²) in [5.41, 5.74) is 3.54. The summed E-state index contributed by atoms with van der Waals surface area (Å²) >= 11 is 0. The molecule has 0 heterocycles. The van der Waals surface area contributed by atoms with Gasteiger partial charge in [-0.2, -0.15) is 0 Å². The van der Waals surface area contributed by atoms with Crippen LogP contribution in [-0.2, 0) is 0 Å². The maximum Gasteiger partial charge on any atom is 0.161 e. The number of hydrogen-bond donors (Lipinski definition) is 2. The predicted octanol–water partition coefficient (Wildman–Crippen LogP) is 8.63. The van der Waals surface area contributed by atoms with Gasteiger partial charge in [-0.1, -0.05) is 111 Å². The van der Waals surface area contributed by atoms with Gasteiger partial charge in [0.1, 0.15) is 27.4 Å². The Morgan fingerprint density at radius 3 is 1.60 bits per heavy atom. The van der Waals surface area contributed by atoms with E-state index in [9.17, 15) is 10.2 Å². The van der Waals surface area contributed by atoms with Gasteiger partial charge in [0.2, 0.25) is 0 Å². The standard InChI is InChI=1S/C36H65NO4Si/c1-6-11-13-15-17-21-27-37(28-22-18-16-14-12-7-2)30-34(39)32-41-36-26-20-19-25-35(36)40-31-33(38)24-23-29-42(8-3,9-4)10-5/h19-20,25-26,33-34,38-39H,6-18,21-22,24,27-28,30-32H2,1-5H3/t33-,34+/m0/s1. The molecule has 0 aliphatic rings. The van der Waals surface area contributed by atoms with Gasteiger partial charge >= 0.3 is 0 Å². The lowest BCUT2D eigenvalue weighted by molar-refractivity contribution is 0.0638. The number of hydrogen-bond acceptors (Lipinski definition) is 5. The van der Waals surface area contributed by atoms with Crippen LogP contribution in [0.25, 0.3) is 0 Å². The third-order valence-corrected chi connectivity index (χ3v) is 13.3. The van der Waals surface area contributed by atoms with Gasteiger partial charge in [-0.05, 0) is 56.2 Å². The summed E-state index contributed by atoms with van der Waals surface area (Å²) in [6.07, 6.45) is 14.6. The molecule has 0 saturated carbocycles. The van der Waals surface area contributed by atoms with E-state index in [0.29, 0.717) is 24.5 Å². The van der Waals surface area contributed by atoms with Gasteiger partial charge in [0.05, 0.1) is 6.10 Å². The molecular formula is C36H65NO4Si. The fourth-order valence-electron chi connectivity index (χ4n) is 5.37. The molecule has 0 aliphatic carbocycles. The van der Waals surface area contributed by atoms with Gasteiger partial charge < -0.3 is 24.6 Å². The number of nitrogens with zero attached hydrogens (tertiary/aromatic N) is 1. The van der Waals surface area contributed by atoms with Crippen molar-refractivity contribution in [3.05, 3.63) is 24.3 Å². The van der Waals surface area contributed by atoms with Crippen molar-refractivity contribution in [2.45, 2.75) is 148 Å². The number of unbranched alkanes of at least 4 members (excludes halogenated alkanes) is 10. The predicted molar refractivity (Wildman–Crippen MR) is 182 cm³/mol. The second kappa shape index (κ2) is 24.9. The van der Waals surface area contributed by atoms with Gasteiger partial charge in [-0.15, -0.1) is 11.5 Å². The maximum atomic E-state index is 10.9. The Bertz CT molecular complexity index is 811. The van der Waals surface area contributed by atoms with Crippen LogP contribution in [-0.4, -0.2) is 68.2 Å². The van der Waals surface area contributed by atoms with E-state index in [1.807, 2.05) is 24.3 Å². The Labute approximate surface area is 260 Å². The minimum Gasteiger partial charge on any atom is -0.487 e. The lowest BCUT2D eigenvalue weighted by Gasteiger charge is -2.25. The fraction of sp³-hybridized carbons (Fsp3) is 0.778. The SMILES string of the molecule is CCCCCCCCN(CCCCCCCC)C[C@@H](O)COc1ccccc1OC[C@@H](O)CC#C[Si](CC)(CC)CC. The van der Waals surface area contributed by atoms with E-state index in [-0.39, 0.29) is 13.2 Å². The van der Waals surface area contributed by atoms with Crippen LogP contribution in [0, 0.1) is 11.5 Å². The van der Waals surface area contributed by atoms with E-state index in [0.717, 1.165) is 31.2 Å². The average Bonchev–Trinajstić information content (AvgIpc) is 3.01. The van der Waals surface area contributed by atoms with Crippen LogP contribution in [0.3, 0.4) is 0 Å². The molecule has 1 aromatic rings. The molecule has 0 aromatic heterocycles. The summed E-state index contributed by atoms with van der Waals surface area (Å²) in [4.78, 5) is 2.43. The minimum absolute atomic E-state index is 0.167. The van der Waals surface area contributed by atoms with E-state index < -0.39 is 20.3 Å². The normalized spacial score (nSPS) is 13.0. The molecule has 0 radical (unpaired) electrons. The molecule has 2 N–H and O–H groups in total. The molecule has 0 fully saturated rings. The Kier molecular flexibility index (Phi) is 22.8. The van der Waals surface area contributed by atoms with Crippen molar-refractivity contribution in [1.82, 2.24) is 4.90 Å². The summed E-state index contributed by atoms with van der Waals surface area (Å²) in [5.74, 6) is 4.44. The monoisotopic (exact) mass is 603 g/mol. The van der Waals surface area contributed by atoms with Crippen LogP contribution in [0.1, 0.15) is 118 Å². The topological polar surface area (TPSA) is 62.2 Å². The summed E-state index contributed by atoms with van der Waals surface area (Å²) in [7, 11) is -1.50. The van der Waals surface area contributed by atoms with Crippen LogP contribution < -0.4 is 9.47 Å². The molecule has 0 saturated heterocycles. The van der Waals surface area contributed by atoms with Crippen LogP contribution in [0.2, 0.25) is 18.1 Å². The second-order valence-electron chi connectivity index (χ2n) is 12.1. The molecule has 5 nitrogen and oxygen atoms in total. The second-order valence-corrected chi connectivity index (χ2v) is 17.0. The third kappa shape index (κ3) is 17.6. The third-order valence-electron chi connectivity index (χ3n) is 8.56. The number of ether oxygens (including phenoxy) is 2. The first kappa shape index (κ1) is 38.5. The van der Waals surface area contributed by atoms with Crippen molar-refractivity contribution in [1.29, 1.82) is 0 Å². The maximum absolute atomic E-state index is 10.9. The summed E-state index contributed by atoms with van der Waals surface area (Å²) in [5, 5.41) is 21.4. The molecule has 0 spiro atoms. The lowest BCUT2D eigenvalue weighted by Crippen LogP contribution is -2.37. The van der Waals surface area contributed by atoms with E-state index >= 15 is 0 Å².